The van der Waals surface area contributed by atoms with Crippen LogP contribution in [0.5, 0.6) is 5.75 Å². The first-order chi connectivity index (χ1) is 16.7. The number of hydrogen-bond acceptors (Lipinski definition) is 7. The molecule has 10 nitrogen and oxygen atoms in total. The van der Waals surface area contributed by atoms with Gasteiger partial charge in [0.25, 0.3) is 5.91 Å². The van der Waals surface area contributed by atoms with E-state index in [1.165, 1.54) is 0 Å². The fraction of sp³-hybridized carbons (Fsp3) is 0.208. The largest absolute Gasteiger partial charge is 0.482 e. The number of aromatic nitrogens is 3. The van der Waals surface area contributed by atoms with Gasteiger partial charge in [-0.15, -0.1) is 0 Å². The Bertz CT molecular complexity index is 1430. The lowest BCUT2D eigenvalue weighted by Crippen LogP contribution is -2.36. The van der Waals surface area contributed by atoms with Crippen LogP contribution in [0.1, 0.15) is 5.56 Å². The fourth-order valence-electron chi connectivity index (χ4n) is 4.26. The molecule has 2 aromatic heterocycles. The second kappa shape index (κ2) is 8.13. The maximum absolute atomic E-state index is 11.8. The van der Waals surface area contributed by atoms with Crippen molar-refractivity contribution in [2.45, 2.75) is 0 Å². The van der Waals surface area contributed by atoms with Gasteiger partial charge in [0.05, 0.1) is 18.9 Å². The lowest BCUT2D eigenvalue weighted by Gasteiger charge is -2.28. The highest BCUT2D eigenvalue weighted by atomic mass is 16.5. The Kier molecular flexibility index (Phi) is 4.82. The van der Waals surface area contributed by atoms with Gasteiger partial charge in [-0.1, -0.05) is 0 Å². The zero-order valence-electron chi connectivity index (χ0n) is 18.2. The van der Waals surface area contributed by atoms with Gasteiger partial charge in [-0.3, -0.25) is 9.89 Å². The number of anilines is 4. The van der Waals surface area contributed by atoms with Crippen molar-refractivity contribution in [3.63, 3.8) is 0 Å². The van der Waals surface area contributed by atoms with Gasteiger partial charge in [0.2, 0.25) is 0 Å². The van der Waals surface area contributed by atoms with E-state index in [0.717, 1.165) is 43.2 Å². The molecule has 10 heteroatoms. The number of benzene rings is 2. The van der Waals surface area contributed by atoms with Crippen LogP contribution in [-0.4, -0.2) is 53.4 Å². The third kappa shape index (κ3) is 3.48. The number of nitriles is 1. The number of imidazole rings is 1. The highest BCUT2D eigenvalue weighted by molar-refractivity contribution is 5.96. The average molecular weight is 455 g/mol. The van der Waals surface area contributed by atoms with Crippen molar-refractivity contribution in [1.29, 1.82) is 5.26 Å². The molecular formula is C24H21N7O3. The molecule has 3 N–H and O–H groups in total. The van der Waals surface area contributed by atoms with Gasteiger partial charge in [-0.25, -0.2) is 9.50 Å². The van der Waals surface area contributed by atoms with Gasteiger partial charge in [0.1, 0.15) is 23.1 Å². The Balaban J connectivity index is 1.38. The van der Waals surface area contributed by atoms with E-state index in [0.29, 0.717) is 34.2 Å². The van der Waals surface area contributed by atoms with Crippen LogP contribution < -0.4 is 20.3 Å². The Morgan fingerprint density at radius 1 is 1.12 bits per heavy atom. The van der Waals surface area contributed by atoms with Crippen molar-refractivity contribution >= 4 is 34.4 Å². The van der Waals surface area contributed by atoms with Crippen molar-refractivity contribution in [3.8, 4) is 23.1 Å². The molecule has 1 fully saturated rings. The summed E-state index contributed by atoms with van der Waals surface area (Å²) in [6.07, 6.45) is 1.62. The number of ether oxygens (including phenoxy) is 2. The van der Waals surface area contributed by atoms with E-state index < -0.39 is 0 Å². The number of morpholine rings is 1. The summed E-state index contributed by atoms with van der Waals surface area (Å²) in [6.45, 7) is 3.21. The first-order valence-corrected chi connectivity index (χ1v) is 11.0. The summed E-state index contributed by atoms with van der Waals surface area (Å²) in [5, 5.41) is 18.9. The molecule has 0 bridgehead atoms. The number of H-pyrrole nitrogens is 1. The molecule has 4 aromatic rings. The maximum Gasteiger partial charge on any atom is 0.262 e. The van der Waals surface area contributed by atoms with E-state index in [2.05, 4.69) is 38.8 Å². The zero-order chi connectivity index (χ0) is 23.1. The number of carbonyl (C=O) groups is 1. The lowest BCUT2D eigenvalue weighted by atomic mass is 10.1. The molecule has 0 saturated carbocycles. The minimum atomic E-state index is -0.202. The fourth-order valence-corrected chi connectivity index (χ4v) is 4.26. The summed E-state index contributed by atoms with van der Waals surface area (Å²) in [5.41, 5.74) is 4.98. The van der Waals surface area contributed by atoms with Gasteiger partial charge in [-0.05, 0) is 42.5 Å². The lowest BCUT2D eigenvalue weighted by molar-refractivity contribution is -0.118. The van der Waals surface area contributed by atoms with Crippen LogP contribution in [0.3, 0.4) is 0 Å². The summed E-state index contributed by atoms with van der Waals surface area (Å²) in [7, 11) is 0. The highest BCUT2D eigenvalue weighted by Gasteiger charge is 2.22. The third-order valence-corrected chi connectivity index (χ3v) is 5.97. The van der Waals surface area contributed by atoms with E-state index in [1.54, 1.807) is 10.7 Å². The summed E-state index contributed by atoms with van der Waals surface area (Å²) < 4.78 is 12.7. The van der Waals surface area contributed by atoms with Crippen LogP contribution in [-0.2, 0) is 9.53 Å². The summed E-state index contributed by atoms with van der Waals surface area (Å²) in [4.78, 5) is 18.8. The smallest absolute Gasteiger partial charge is 0.262 e. The van der Waals surface area contributed by atoms with E-state index in [-0.39, 0.29) is 12.5 Å². The summed E-state index contributed by atoms with van der Waals surface area (Å²) >= 11 is 0. The second-order valence-corrected chi connectivity index (χ2v) is 8.09. The molecule has 4 heterocycles. The van der Waals surface area contributed by atoms with Gasteiger partial charge in [0.15, 0.2) is 18.1 Å². The number of nitrogens with zero attached hydrogens (tertiary/aromatic N) is 4. The molecule has 170 valence electrons. The van der Waals surface area contributed by atoms with E-state index in [9.17, 15) is 10.1 Å². The van der Waals surface area contributed by atoms with Crippen molar-refractivity contribution in [3.05, 3.63) is 54.2 Å². The van der Waals surface area contributed by atoms with Gasteiger partial charge < -0.3 is 25.0 Å². The first-order valence-electron chi connectivity index (χ1n) is 11.0. The number of nitrogens with one attached hydrogen (secondary N) is 3. The van der Waals surface area contributed by atoms with Crippen LogP contribution in [0.4, 0.5) is 22.9 Å². The predicted molar refractivity (Wildman–Crippen MR) is 127 cm³/mol. The average Bonchev–Trinajstić information content (AvgIpc) is 3.44. The monoisotopic (exact) mass is 455 g/mol. The molecule has 1 amide bonds. The zero-order valence-corrected chi connectivity index (χ0v) is 18.2. The standard InChI is InChI=1S/C24H21N7O3/c25-12-16-13-26-31-23(16)29-22(15-1-6-20-19(11-15)28-21(32)14-34-20)24(31)27-17-2-4-18(5-3-17)30-7-9-33-10-8-30/h1-6,11,13,26-27H,7-10,14H2,(H,28,32). The van der Waals surface area contributed by atoms with E-state index in [1.807, 2.05) is 30.3 Å². The minimum absolute atomic E-state index is 0.00137. The molecular weight excluding hydrogens is 434 g/mol. The SMILES string of the molecule is N#Cc1c[nH]n2c(Nc3ccc(N4CCOCC4)cc3)c(-c3ccc4c(c3)NC(=O)CO4)nc12. The number of hydrogen-bond donors (Lipinski definition) is 3. The highest BCUT2D eigenvalue weighted by Crippen LogP contribution is 2.37. The van der Waals surface area contributed by atoms with Crippen molar-refractivity contribution in [2.24, 2.45) is 0 Å². The Morgan fingerprint density at radius 2 is 1.94 bits per heavy atom. The second-order valence-electron chi connectivity index (χ2n) is 8.09. The normalized spacial score (nSPS) is 15.4. The van der Waals surface area contributed by atoms with Crippen LogP contribution in [0.15, 0.2) is 48.7 Å². The molecule has 0 spiro atoms. The van der Waals surface area contributed by atoms with Crippen molar-refractivity contribution in [2.75, 3.05) is 48.4 Å². The Labute approximate surface area is 194 Å². The predicted octanol–water partition coefficient (Wildman–Crippen LogP) is 3.11. The third-order valence-electron chi connectivity index (χ3n) is 5.97. The summed E-state index contributed by atoms with van der Waals surface area (Å²) in [5.74, 6) is 1.09. The maximum atomic E-state index is 11.8. The molecule has 2 aliphatic rings. The van der Waals surface area contributed by atoms with Crippen molar-refractivity contribution < 1.29 is 14.3 Å². The van der Waals surface area contributed by atoms with Gasteiger partial charge in [-0.2, -0.15) is 5.26 Å². The Hall–Kier alpha value is -4.49. The van der Waals surface area contributed by atoms with Crippen LogP contribution in [0.2, 0.25) is 0 Å². The first kappa shape index (κ1) is 20.1. The molecule has 0 radical (unpaired) electrons. The number of fused-ring (bicyclic) bond motifs is 2. The summed E-state index contributed by atoms with van der Waals surface area (Å²) in [6, 6.07) is 15.9. The molecule has 0 aliphatic carbocycles. The number of aromatic amines is 1. The molecule has 2 aliphatic heterocycles. The van der Waals surface area contributed by atoms with E-state index in [4.69, 9.17) is 14.5 Å². The molecule has 2 aromatic carbocycles. The van der Waals surface area contributed by atoms with Gasteiger partial charge >= 0.3 is 0 Å². The van der Waals surface area contributed by atoms with Crippen LogP contribution in [0, 0.1) is 11.3 Å². The molecule has 1 saturated heterocycles. The van der Waals surface area contributed by atoms with Gasteiger partial charge in [0, 0.05) is 36.2 Å². The quantitative estimate of drug-likeness (QED) is 0.432. The molecule has 6 rings (SSSR count). The van der Waals surface area contributed by atoms with Crippen molar-refractivity contribution in [1.82, 2.24) is 14.6 Å². The topological polar surface area (TPSA) is 120 Å². The minimum Gasteiger partial charge on any atom is -0.482 e. The number of rotatable bonds is 4. The molecule has 0 atom stereocenters. The molecule has 34 heavy (non-hydrogen) atoms. The van der Waals surface area contributed by atoms with Crippen LogP contribution >= 0.6 is 0 Å². The number of carbonyl (C=O) groups excluding carboxylic acids is 1. The van der Waals surface area contributed by atoms with E-state index >= 15 is 0 Å². The Morgan fingerprint density at radius 3 is 2.74 bits per heavy atom. The molecule has 0 unspecified atom stereocenters. The van der Waals surface area contributed by atoms with Crippen LogP contribution in [0.25, 0.3) is 16.9 Å². The number of amides is 1.